The summed E-state index contributed by atoms with van der Waals surface area (Å²) in [6.45, 7) is 0.361. The maximum Gasteiger partial charge on any atom is 0.155 e. The fourth-order valence-electron chi connectivity index (χ4n) is 2.39. The van der Waals surface area contributed by atoms with Crippen LogP contribution in [0.1, 0.15) is 5.69 Å². The highest BCUT2D eigenvalue weighted by Gasteiger charge is 2.17. The van der Waals surface area contributed by atoms with Crippen molar-refractivity contribution in [3.8, 4) is 16.3 Å². The van der Waals surface area contributed by atoms with Gasteiger partial charge in [-0.1, -0.05) is 30.3 Å². The smallest absolute Gasteiger partial charge is 0.155 e. The van der Waals surface area contributed by atoms with E-state index in [1.807, 2.05) is 54.6 Å². The maximum atomic E-state index is 6.03. The summed E-state index contributed by atoms with van der Waals surface area (Å²) in [6, 6.07) is 17.7. The summed E-state index contributed by atoms with van der Waals surface area (Å²) in [4.78, 5) is 4.65. The van der Waals surface area contributed by atoms with Crippen LogP contribution in [0.5, 0.6) is 5.75 Å². The molecule has 0 unspecified atom stereocenters. The second-order valence-electron chi connectivity index (χ2n) is 5.05. The first-order chi connectivity index (χ1) is 11.3. The monoisotopic (exact) mass is 322 g/mol. The zero-order valence-electron chi connectivity index (χ0n) is 12.2. The number of rotatable bonds is 4. The molecule has 0 aliphatic rings. The van der Waals surface area contributed by atoms with Crippen molar-refractivity contribution in [2.24, 2.45) is 0 Å². The zero-order chi connectivity index (χ0) is 15.6. The number of benzene rings is 2. The van der Waals surface area contributed by atoms with E-state index in [1.54, 1.807) is 11.3 Å². The third-order valence-corrected chi connectivity index (χ3v) is 4.56. The zero-order valence-corrected chi connectivity index (χ0v) is 13.0. The molecule has 2 aromatic heterocycles. The van der Waals surface area contributed by atoms with Gasteiger partial charge >= 0.3 is 0 Å². The topological polar surface area (TPSA) is 76.8 Å². The Bertz CT molecular complexity index is 913. The van der Waals surface area contributed by atoms with Gasteiger partial charge in [0, 0.05) is 0 Å². The molecule has 0 atom stereocenters. The van der Waals surface area contributed by atoms with Gasteiger partial charge in [0.25, 0.3) is 0 Å². The summed E-state index contributed by atoms with van der Waals surface area (Å²) >= 11 is 1.60. The largest absolute Gasteiger partial charge is 0.487 e. The first kappa shape index (κ1) is 13.8. The van der Waals surface area contributed by atoms with Crippen molar-refractivity contribution in [1.29, 1.82) is 0 Å². The van der Waals surface area contributed by atoms with Crippen LogP contribution in [0.4, 0.5) is 5.82 Å². The quantitative estimate of drug-likeness (QED) is 0.598. The van der Waals surface area contributed by atoms with E-state index in [0.29, 0.717) is 12.4 Å². The Morgan fingerprint density at radius 1 is 1.04 bits per heavy atom. The van der Waals surface area contributed by atoms with Gasteiger partial charge < -0.3 is 10.5 Å². The number of H-pyrrole nitrogens is 1. The molecule has 6 heteroatoms. The van der Waals surface area contributed by atoms with Crippen molar-refractivity contribution in [2.75, 3.05) is 5.73 Å². The highest BCUT2D eigenvalue weighted by Crippen LogP contribution is 2.35. The van der Waals surface area contributed by atoms with Crippen molar-refractivity contribution < 1.29 is 4.74 Å². The number of anilines is 1. The average molecular weight is 322 g/mol. The molecule has 0 radical (unpaired) electrons. The minimum atomic E-state index is 0.361. The van der Waals surface area contributed by atoms with E-state index in [2.05, 4.69) is 15.2 Å². The van der Waals surface area contributed by atoms with Gasteiger partial charge in [-0.05, 0) is 24.3 Å². The number of ether oxygens (including phenoxy) is 1. The number of hydrogen-bond acceptors (Lipinski definition) is 5. The fraction of sp³-hybridized carbons (Fsp3) is 0.0588. The number of para-hydroxylation sites is 2. The molecular weight excluding hydrogens is 308 g/mol. The molecule has 0 aliphatic carbocycles. The van der Waals surface area contributed by atoms with E-state index < -0.39 is 0 Å². The summed E-state index contributed by atoms with van der Waals surface area (Å²) in [5.41, 5.74) is 8.64. The Hall–Kier alpha value is -2.86. The third-order valence-electron chi connectivity index (χ3n) is 3.50. The number of aromatic nitrogens is 3. The third kappa shape index (κ3) is 2.64. The normalized spacial score (nSPS) is 11.0. The Labute approximate surface area is 136 Å². The van der Waals surface area contributed by atoms with Gasteiger partial charge in [-0.3, -0.25) is 5.10 Å². The van der Waals surface area contributed by atoms with Crippen molar-refractivity contribution in [3.63, 3.8) is 0 Å². The summed E-state index contributed by atoms with van der Waals surface area (Å²) in [6.07, 6.45) is 0. The minimum absolute atomic E-state index is 0.361. The number of aromatic amines is 1. The first-order valence-corrected chi connectivity index (χ1v) is 7.99. The van der Waals surface area contributed by atoms with Crippen LogP contribution in [0, 0.1) is 0 Å². The summed E-state index contributed by atoms with van der Waals surface area (Å²) in [5, 5.41) is 7.92. The molecule has 0 bridgehead atoms. The predicted octanol–water partition coefficient (Wildman–Crippen LogP) is 3.85. The van der Waals surface area contributed by atoms with Crippen LogP contribution in [0.15, 0.2) is 54.6 Å². The van der Waals surface area contributed by atoms with Crippen molar-refractivity contribution in [3.05, 3.63) is 60.3 Å². The van der Waals surface area contributed by atoms with E-state index in [0.717, 1.165) is 32.2 Å². The molecular formula is C17H14N4OS. The lowest BCUT2D eigenvalue weighted by Gasteiger charge is -2.05. The highest BCUT2D eigenvalue weighted by molar-refractivity contribution is 7.21. The number of nitrogen functional groups attached to an aromatic ring is 1. The number of fused-ring (bicyclic) bond motifs is 1. The van der Waals surface area contributed by atoms with Crippen LogP contribution in [0.25, 0.3) is 20.8 Å². The van der Waals surface area contributed by atoms with Gasteiger partial charge in [0.15, 0.2) is 5.82 Å². The van der Waals surface area contributed by atoms with Gasteiger partial charge in [0.1, 0.15) is 17.4 Å². The molecule has 0 saturated carbocycles. The van der Waals surface area contributed by atoms with Crippen molar-refractivity contribution in [2.45, 2.75) is 6.61 Å². The van der Waals surface area contributed by atoms with E-state index in [4.69, 9.17) is 10.5 Å². The number of hydrogen-bond donors (Lipinski definition) is 2. The van der Waals surface area contributed by atoms with Crippen LogP contribution < -0.4 is 10.5 Å². The first-order valence-electron chi connectivity index (χ1n) is 7.18. The lowest BCUT2D eigenvalue weighted by molar-refractivity contribution is 0.301. The van der Waals surface area contributed by atoms with Crippen LogP contribution in [-0.4, -0.2) is 15.2 Å². The number of thiazole rings is 1. The minimum Gasteiger partial charge on any atom is -0.487 e. The van der Waals surface area contributed by atoms with Gasteiger partial charge in [0.2, 0.25) is 0 Å². The van der Waals surface area contributed by atoms with Crippen LogP contribution in [0.3, 0.4) is 0 Å². The lowest BCUT2D eigenvalue weighted by Crippen LogP contribution is -1.98. The molecule has 2 heterocycles. The highest BCUT2D eigenvalue weighted by atomic mass is 32.1. The molecule has 0 spiro atoms. The molecule has 114 valence electrons. The van der Waals surface area contributed by atoms with Crippen LogP contribution in [0.2, 0.25) is 0 Å². The number of nitrogens with one attached hydrogen (secondary N) is 1. The second kappa shape index (κ2) is 5.73. The van der Waals surface area contributed by atoms with Crippen molar-refractivity contribution >= 4 is 27.4 Å². The van der Waals surface area contributed by atoms with Gasteiger partial charge in [0.05, 0.1) is 21.5 Å². The molecule has 0 fully saturated rings. The molecule has 3 N–H and O–H groups in total. The maximum absolute atomic E-state index is 6.03. The summed E-state index contributed by atoms with van der Waals surface area (Å²) in [7, 11) is 0. The molecule has 4 aromatic rings. The average Bonchev–Trinajstić information content (AvgIpc) is 3.16. The van der Waals surface area contributed by atoms with E-state index in [-0.39, 0.29) is 0 Å². The molecule has 0 aliphatic heterocycles. The molecule has 5 nitrogen and oxygen atoms in total. The Balaban J connectivity index is 1.67. The van der Waals surface area contributed by atoms with Gasteiger partial charge in [-0.25, -0.2) is 4.98 Å². The number of nitrogens with two attached hydrogens (primary N) is 1. The summed E-state index contributed by atoms with van der Waals surface area (Å²) < 4.78 is 6.91. The van der Waals surface area contributed by atoms with Gasteiger partial charge in [-0.15, -0.1) is 11.3 Å². The summed E-state index contributed by atoms with van der Waals surface area (Å²) in [5.74, 6) is 1.24. The molecule has 2 aromatic carbocycles. The fourth-order valence-corrected chi connectivity index (χ4v) is 3.44. The Kier molecular flexibility index (Phi) is 3.44. The molecule has 23 heavy (non-hydrogen) atoms. The molecule has 0 amide bonds. The number of nitrogens with zero attached hydrogens (tertiary/aromatic N) is 2. The van der Waals surface area contributed by atoms with Crippen LogP contribution >= 0.6 is 11.3 Å². The molecule has 4 rings (SSSR count). The van der Waals surface area contributed by atoms with Crippen molar-refractivity contribution in [1.82, 2.24) is 15.2 Å². The van der Waals surface area contributed by atoms with E-state index in [9.17, 15) is 0 Å². The second-order valence-corrected chi connectivity index (χ2v) is 6.08. The standard InChI is InChI=1S/C17H14N4OS/c18-16-15(17-19-12-8-4-5-9-14(12)23-17)13(20-21-16)10-22-11-6-2-1-3-7-11/h1-9H,10H2,(H3,18,20,21). The molecule has 0 saturated heterocycles. The lowest BCUT2D eigenvalue weighted by atomic mass is 10.2. The van der Waals surface area contributed by atoms with Crippen LogP contribution in [-0.2, 0) is 6.61 Å². The van der Waals surface area contributed by atoms with E-state index in [1.165, 1.54) is 0 Å². The van der Waals surface area contributed by atoms with Gasteiger partial charge in [-0.2, -0.15) is 5.10 Å². The Morgan fingerprint density at radius 2 is 1.83 bits per heavy atom. The predicted molar refractivity (Wildman–Crippen MR) is 92.4 cm³/mol. The SMILES string of the molecule is Nc1n[nH]c(COc2ccccc2)c1-c1nc2ccccc2s1. The van der Waals surface area contributed by atoms with E-state index >= 15 is 0 Å². The Morgan fingerprint density at radius 3 is 2.65 bits per heavy atom.